The largest absolute Gasteiger partial charge is 0.444 e. The zero-order valence-corrected chi connectivity index (χ0v) is 18.3. The van der Waals surface area contributed by atoms with E-state index in [0.29, 0.717) is 30.1 Å². The Morgan fingerprint density at radius 1 is 1.09 bits per heavy atom. The number of oxazole rings is 1. The van der Waals surface area contributed by atoms with Gasteiger partial charge in [-0.3, -0.25) is 4.98 Å². The van der Waals surface area contributed by atoms with Gasteiger partial charge in [-0.15, -0.1) is 0 Å². The predicted molar refractivity (Wildman–Crippen MR) is 116 cm³/mol. The molecule has 1 amide bonds. The van der Waals surface area contributed by atoms with E-state index in [1.807, 2.05) is 20.8 Å². The molecule has 8 heteroatoms. The Morgan fingerprint density at radius 3 is 2.31 bits per heavy atom. The van der Waals surface area contributed by atoms with Crippen molar-refractivity contribution in [2.24, 2.45) is 0 Å². The number of piperidine rings is 1. The van der Waals surface area contributed by atoms with Crippen molar-refractivity contribution in [2.75, 3.05) is 13.1 Å². The molecule has 1 aliphatic heterocycles. The maximum Gasteiger partial charge on any atom is 0.410 e. The smallest absolute Gasteiger partial charge is 0.410 e. The van der Waals surface area contributed by atoms with Crippen LogP contribution in [0.25, 0.3) is 22.7 Å². The minimum atomic E-state index is -1.32. The average Bonchev–Trinajstić information content (AvgIpc) is 3.21. The summed E-state index contributed by atoms with van der Waals surface area (Å²) in [7, 11) is 0. The summed E-state index contributed by atoms with van der Waals surface area (Å²) in [5.41, 5.74) is -0.0608. The third-order valence-electron chi connectivity index (χ3n) is 5.34. The lowest BCUT2D eigenvalue weighted by molar-refractivity contribution is -0.0471. The Kier molecular flexibility index (Phi) is 5.73. The maximum absolute atomic E-state index is 13.4. The fourth-order valence-corrected chi connectivity index (χ4v) is 3.67. The summed E-state index contributed by atoms with van der Waals surface area (Å²) in [4.78, 5) is 22.7. The average molecular weight is 439 g/mol. The van der Waals surface area contributed by atoms with E-state index in [1.54, 1.807) is 41.6 Å². The highest BCUT2D eigenvalue weighted by Crippen LogP contribution is 2.41. The zero-order chi connectivity index (χ0) is 22.9. The van der Waals surface area contributed by atoms with Crippen molar-refractivity contribution < 1.29 is 23.4 Å². The lowest BCUT2D eigenvalue weighted by Gasteiger charge is -2.37. The van der Waals surface area contributed by atoms with E-state index in [-0.39, 0.29) is 24.5 Å². The summed E-state index contributed by atoms with van der Waals surface area (Å²) in [6.45, 7) is 6.08. The number of amides is 1. The normalized spacial score (nSPS) is 16.1. The number of halogens is 1. The summed E-state index contributed by atoms with van der Waals surface area (Å²) in [6, 6.07) is 9.40. The molecule has 1 fully saturated rings. The number of benzene rings is 1. The van der Waals surface area contributed by atoms with Crippen LogP contribution in [-0.4, -0.2) is 44.8 Å². The molecular weight excluding hydrogens is 413 g/mol. The monoisotopic (exact) mass is 439 g/mol. The Bertz CT molecular complexity index is 1080. The number of carbonyl (C=O) groups is 1. The topological polar surface area (TPSA) is 88.7 Å². The van der Waals surface area contributed by atoms with Crippen LogP contribution in [0, 0.1) is 5.82 Å². The number of aliphatic hydroxyl groups is 1. The Hall–Kier alpha value is -3.26. The van der Waals surface area contributed by atoms with Gasteiger partial charge >= 0.3 is 6.09 Å². The van der Waals surface area contributed by atoms with Gasteiger partial charge in [0.05, 0.1) is 0 Å². The van der Waals surface area contributed by atoms with E-state index in [2.05, 4.69) is 9.97 Å². The van der Waals surface area contributed by atoms with E-state index < -0.39 is 17.3 Å². The van der Waals surface area contributed by atoms with Crippen LogP contribution in [0.3, 0.4) is 0 Å². The Morgan fingerprint density at radius 2 is 1.72 bits per heavy atom. The van der Waals surface area contributed by atoms with Gasteiger partial charge in [-0.2, -0.15) is 0 Å². The molecule has 1 N–H and O–H groups in total. The van der Waals surface area contributed by atoms with Gasteiger partial charge in [-0.1, -0.05) is 0 Å². The molecule has 0 saturated carbocycles. The molecule has 0 radical (unpaired) electrons. The van der Waals surface area contributed by atoms with Crippen molar-refractivity contribution in [3.63, 3.8) is 0 Å². The fourth-order valence-electron chi connectivity index (χ4n) is 3.67. The number of nitrogens with zero attached hydrogens (tertiary/aromatic N) is 3. The molecule has 1 saturated heterocycles. The maximum atomic E-state index is 13.4. The van der Waals surface area contributed by atoms with Gasteiger partial charge in [-0.25, -0.2) is 14.2 Å². The van der Waals surface area contributed by atoms with E-state index in [0.717, 1.165) is 5.56 Å². The highest BCUT2D eigenvalue weighted by Gasteiger charge is 2.42. The first kappa shape index (κ1) is 22.0. The molecule has 168 valence electrons. The summed E-state index contributed by atoms with van der Waals surface area (Å²) in [5, 5.41) is 11.5. The molecule has 1 aromatic carbocycles. The van der Waals surface area contributed by atoms with Crippen LogP contribution in [0.15, 0.2) is 53.2 Å². The number of hydrogen-bond acceptors (Lipinski definition) is 6. The van der Waals surface area contributed by atoms with Crippen molar-refractivity contribution in [1.82, 2.24) is 14.9 Å². The standard InChI is InChI=1S/C24H26FN3O4/c1-23(2,3)32-22(29)28-14-10-24(30,11-15-28)20-19(16-8-12-26-13-9-16)27-21(31-20)17-4-6-18(25)7-5-17/h4-9,12-13,30H,10-11,14-15H2,1-3H3. The molecule has 4 rings (SSSR count). The van der Waals surface area contributed by atoms with Crippen molar-refractivity contribution >= 4 is 6.09 Å². The number of carbonyl (C=O) groups excluding carboxylic acids is 1. The van der Waals surface area contributed by atoms with Crippen LogP contribution in [0.5, 0.6) is 0 Å². The van der Waals surface area contributed by atoms with Gasteiger partial charge in [0.25, 0.3) is 0 Å². The first-order valence-electron chi connectivity index (χ1n) is 10.5. The Balaban J connectivity index is 1.65. The molecule has 0 aliphatic carbocycles. The molecule has 0 spiro atoms. The number of likely N-dealkylation sites (tertiary alicyclic amines) is 1. The van der Waals surface area contributed by atoms with Crippen molar-refractivity contribution in [1.29, 1.82) is 0 Å². The molecular formula is C24H26FN3O4. The van der Waals surface area contributed by atoms with Gasteiger partial charge in [0, 0.05) is 49.5 Å². The van der Waals surface area contributed by atoms with E-state index in [9.17, 15) is 14.3 Å². The number of pyridine rings is 1. The molecule has 32 heavy (non-hydrogen) atoms. The predicted octanol–water partition coefficient (Wildman–Crippen LogP) is 4.76. The van der Waals surface area contributed by atoms with Gasteiger partial charge < -0.3 is 19.2 Å². The van der Waals surface area contributed by atoms with Gasteiger partial charge in [0.1, 0.15) is 22.7 Å². The number of hydrogen-bond donors (Lipinski definition) is 1. The van der Waals surface area contributed by atoms with Crippen molar-refractivity contribution in [3.8, 4) is 22.7 Å². The molecule has 0 unspecified atom stereocenters. The molecule has 3 heterocycles. The SMILES string of the molecule is CC(C)(C)OC(=O)N1CCC(O)(c2oc(-c3ccc(F)cc3)nc2-c2ccncc2)CC1. The van der Waals surface area contributed by atoms with Crippen LogP contribution >= 0.6 is 0 Å². The second kappa shape index (κ2) is 8.35. The highest BCUT2D eigenvalue weighted by molar-refractivity contribution is 5.69. The summed E-state index contributed by atoms with van der Waals surface area (Å²) in [6.07, 6.45) is 3.41. The minimum absolute atomic E-state index is 0.266. The summed E-state index contributed by atoms with van der Waals surface area (Å²) in [5.74, 6) is 0.254. The first-order chi connectivity index (χ1) is 15.1. The number of ether oxygens (including phenoxy) is 1. The highest BCUT2D eigenvalue weighted by atomic mass is 19.1. The fraction of sp³-hybridized carbons (Fsp3) is 0.375. The van der Waals surface area contributed by atoms with Crippen LogP contribution in [-0.2, 0) is 10.3 Å². The minimum Gasteiger partial charge on any atom is -0.444 e. The van der Waals surface area contributed by atoms with Crippen LogP contribution in [0.2, 0.25) is 0 Å². The third kappa shape index (κ3) is 4.65. The number of aromatic nitrogens is 2. The van der Waals surface area contributed by atoms with Crippen LogP contribution < -0.4 is 0 Å². The van der Waals surface area contributed by atoms with Crippen molar-refractivity contribution in [3.05, 3.63) is 60.4 Å². The summed E-state index contributed by atoms with van der Waals surface area (Å²) >= 11 is 0. The quantitative estimate of drug-likeness (QED) is 0.633. The second-order valence-electron chi connectivity index (χ2n) is 8.94. The van der Waals surface area contributed by atoms with E-state index in [1.165, 1.54) is 12.1 Å². The molecule has 2 aromatic heterocycles. The van der Waals surface area contributed by atoms with E-state index in [4.69, 9.17) is 9.15 Å². The van der Waals surface area contributed by atoms with Crippen molar-refractivity contribution in [2.45, 2.75) is 44.8 Å². The summed E-state index contributed by atoms with van der Waals surface area (Å²) < 4.78 is 24.9. The molecule has 3 aromatic rings. The van der Waals surface area contributed by atoms with Gasteiger partial charge in [-0.05, 0) is 57.2 Å². The molecule has 1 aliphatic rings. The number of rotatable bonds is 3. The first-order valence-corrected chi connectivity index (χ1v) is 10.5. The van der Waals surface area contributed by atoms with E-state index >= 15 is 0 Å². The molecule has 7 nitrogen and oxygen atoms in total. The lowest BCUT2D eigenvalue weighted by Crippen LogP contribution is -2.46. The molecule has 0 bridgehead atoms. The third-order valence-corrected chi connectivity index (χ3v) is 5.34. The zero-order valence-electron chi connectivity index (χ0n) is 18.3. The second-order valence-corrected chi connectivity index (χ2v) is 8.94. The van der Waals surface area contributed by atoms with Crippen LogP contribution in [0.4, 0.5) is 9.18 Å². The van der Waals surface area contributed by atoms with Gasteiger partial charge in [0.2, 0.25) is 5.89 Å². The lowest BCUT2D eigenvalue weighted by atomic mass is 9.87. The Labute approximate surface area is 185 Å². The van der Waals surface area contributed by atoms with Crippen LogP contribution in [0.1, 0.15) is 39.4 Å². The van der Waals surface area contributed by atoms with Gasteiger partial charge in [0.15, 0.2) is 5.76 Å². The molecule has 0 atom stereocenters.